The summed E-state index contributed by atoms with van der Waals surface area (Å²) < 4.78 is 0. The monoisotopic (exact) mass is 255 g/mol. The molecule has 0 saturated carbocycles. The van der Waals surface area contributed by atoms with E-state index in [1.54, 1.807) is 0 Å². The second kappa shape index (κ2) is 5.49. The van der Waals surface area contributed by atoms with Crippen molar-refractivity contribution in [2.75, 3.05) is 7.05 Å². The van der Waals surface area contributed by atoms with Crippen LogP contribution >= 0.6 is 11.6 Å². The highest BCUT2D eigenvalue weighted by Crippen LogP contribution is 2.10. The third-order valence-corrected chi connectivity index (χ3v) is 2.35. The smallest absolute Gasteiger partial charge is 0.320 e. The van der Waals surface area contributed by atoms with Gasteiger partial charge in [-0.2, -0.15) is 0 Å². The zero-order valence-electron chi connectivity index (χ0n) is 9.22. The van der Waals surface area contributed by atoms with Gasteiger partial charge >= 0.3 is 5.97 Å². The van der Waals surface area contributed by atoms with E-state index < -0.39 is 17.7 Å². The normalized spacial score (nSPS) is 13.2. The summed E-state index contributed by atoms with van der Waals surface area (Å²) in [5.41, 5.74) is 0.157. The molecule has 1 heterocycles. The molecule has 0 aliphatic heterocycles. The minimum Gasteiger partial charge on any atom is -0.480 e. The standard InChI is InChI=1S/C10H10ClN3O3/c1-5(12-2)8(10(16)17)9(15)6-3-14-7(11)4-13-6/h3-4,8H,1-2H3,(H,16,17). The number of aliphatic imine (C=N–C) groups is 1. The van der Waals surface area contributed by atoms with E-state index in [2.05, 4.69) is 15.0 Å². The SMILES string of the molecule is CN=C(C)C(C(=O)O)C(=O)c1cnc(Cl)cn1. The Bertz CT molecular complexity index is 470. The van der Waals surface area contributed by atoms with Crippen LogP contribution in [0.5, 0.6) is 0 Å². The Morgan fingerprint density at radius 1 is 1.41 bits per heavy atom. The first-order valence-corrected chi connectivity index (χ1v) is 5.03. The lowest BCUT2D eigenvalue weighted by Crippen LogP contribution is -2.31. The summed E-state index contributed by atoms with van der Waals surface area (Å²) in [6.07, 6.45) is 2.33. The summed E-state index contributed by atoms with van der Waals surface area (Å²) in [4.78, 5) is 34.0. The van der Waals surface area contributed by atoms with E-state index in [0.29, 0.717) is 0 Å². The molecule has 0 aliphatic rings. The van der Waals surface area contributed by atoms with Crippen LogP contribution in [0, 0.1) is 5.92 Å². The van der Waals surface area contributed by atoms with Crippen LogP contribution in [0.2, 0.25) is 5.15 Å². The fourth-order valence-electron chi connectivity index (χ4n) is 1.20. The molecule has 6 nitrogen and oxygen atoms in total. The Morgan fingerprint density at radius 2 is 2.06 bits per heavy atom. The van der Waals surface area contributed by atoms with Gasteiger partial charge in [0.1, 0.15) is 10.8 Å². The Labute approximate surface area is 102 Å². The molecule has 0 fully saturated rings. The number of aliphatic carboxylic acids is 1. The highest BCUT2D eigenvalue weighted by Gasteiger charge is 2.30. The first-order chi connectivity index (χ1) is 7.97. The molecule has 0 radical (unpaired) electrons. The molecule has 0 aromatic carbocycles. The quantitative estimate of drug-likeness (QED) is 0.494. The average Bonchev–Trinajstić information content (AvgIpc) is 2.29. The van der Waals surface area contributed by atoms with Crippen molar-refractivity contribution in [2.45, 2.75) is 6.92 Å². The summed E-state index contributed by atoms with van der Waals surface area (Å²) >= 11 is 5.52. The summed E-state index contributed by atoms with van der Waals surface area (Å²) in [5.74, 6) is -3.27. The highest BCUT2D eigenvalue weighted by atomic mass is 35.5. The molecule has 0 saturated heterocycles. The number of carboxylic acid groups (broad SMARTS) is 1. The molecule has 1 atom stereocenters. The van der Waals surface area contributed by atoms with E-state index >= 15 is 0 Å². The third kappa shape index (κ3) is 3.07. The van der Waals surface area contributed by atoms with Crippen molar-refractivity contribution in [1.29, 1.82) is 0 Å². The summed E-state index contributed by atoms with van der Waals surface area (Å²) in [5, 5.41) is 9.12. The number of hydrogen-bond acceptors (Lipinski definition) is 5. The van der Waals surface area contributed by atoms with Gasteiger partial charge in [0, 0.05) is 12.8 Å². The predicted octanol–water partition coefficient (Wildman–Crippen LogP) is 1.10. The van der Waals surface area contributed by atoms with Gasteiger partial charge in [0.25, 0.3) is 0 Å². The molecule has 1 unspecified atom stereocenters. The van der Waals surface area contributed by atoms with Crippen molar-refractivity contribution < 1.29 is 14.7 Å². The lowest BCUT2D eigenvalue weighted by molar-refractivity contribution is -0.137. The number of nitrogens with zero attached hydrogens (tertiary/aromatic N) is 3. The number of carboxylic acids is 1. The number of Topliss-reactive ketones (excluding diaryl/α,β-unsaturated/α-hetero) is 1. The maximum atomic E-state index is 11.9. The zero-order chi connectivity index (χ0) is 13.0. The first kappa shape index (κ1) is 13.2. The molecular formula is C10H10ClN3O3. The van der Waals surface area contributed by atoms with Gasteiger partial charge in [0.05, 0.1) is 12.4 Å². The van der Waals surface area contributed by atoms with Crippen LogP contribution < -0.4 is 0 Å². The van der Waals surface area contributed by atoms with Crippen molar-refractivity contribution >= 4 is 29.1 Å². The maximum Gasteiger partial charge on any atom is 0.320 e. The fourth-order valence-corrected chi connectivity index (χ4v) is 1.29. The molecule has 0 spiro atoms. The number of halogens is 1. The molecular weight excluding hydrogens is 246 g/mol. The average molecular weight is 256 g/mol. The summed E-state index contributed by atoms with van der Waals surface area (Å²) in [7, 11) is 1.42. The van der Waals surface area contributed by atoms with Crippen molar-refractivity contribution in [1.82, 2.24) is 9.97 Å². The molecule has 1 N–H and O–H groups in total. The largest absolute Gasteiger partial charge is 0.480 e. The topological polar surface area (TPSA) is 92.5 Å². The molecule has 7 heteroatoms. The molecule has 1 aromatic rings. The first-order valence-electron chi connectivity index (χ1n) is 4.65. The van der Waals surface area contributed by atoms with E-state index in [1.165, 1.54) is 20.2 Å². The van der Waals surface area contributed by atoms with Crippen molar-refractivity contribution in [3.05, 3.63) is 23.2 Å². The number of ketones is 1. The van der Waals surface area contributed by atoms with Crippen LogP contribution in [0.4, 0.5) is 0 Å². The zero-order valence-corrected chi connectivity index (χ0v) is 9.97. The lowest BCUT2D eigenvalue weighted by Gasteiger charge is -2.09. The second-order valence-electron chi connectivity index (χ2n) is 3.22. The molecule has 0 amide bonds. The van der Waals surface area contributed by atoms with E-state index in [0.717, 1.165) is 6.20 Å². The predicted molar refractivity (Wildman–Crippen MR) is 61.5 cm³/mol. The van der Waals surface area contributed by atoms with Crippen LogP contribution in [-0.4, -0.2) is 39.6 Å². The van der Waals surface area contributed by atoms with Crippen LogP contribution in [0.1, 0.15) is 17.4 Å². The van der Waals surface area contributed by atoms with Gasteiger partial charge in [-0.05, 0) is 6.92 Å². The Morgan fingerprint density at radius 3 is 2.47 bits per heavy atom. The summed E-state index contributed by atoms with van der Waals surface area (Å²) in [6.45, 7) is 1.47. The molecule has 1 aromatic heterocycles. The number of hydrogen-bond donors (Lipinski definition) is 1. The van der Waals surface area contributed by atoms with Crippen LogP contribution in [0.25, 0.3) is 0 Å². The van der Waals surface area contributed by atoms with E-state index in [-0.39, 0.29) is 16.6 Å². The Kier molecular flexibility index (Phi) is 4.28. The molecule has 0 aliphatic carbocycles. The van der Waals surface area contributed by atoms with Crippen LogP contribution in [-0.2, 0) is 4.79 Å². The number of aromatic nitrogens is 2. The van der Waals surface area contributed by atoms with E-state index in [9.17, 15) is 9.59 Å². The molecule has 1 rings (SSSR count). The highest BCUT2D eigenvalue weighted by molar-refractivity contribution is 6.29. The molecule has 0 bridgehead atoms. The maximum absolute atomic E-state index is 11.9. The van der Waals surface area contributed by atoms with Crippen LogP contribution in [0.15, 0.2) is 17.4 Å². The van der Waals surface area contributed by atoms with Crippen molar-refractivity contribution in [2.24, 2.45) is 10.9 Å². The Hall–Kier alpha value is -1.82. The van der Waals surface area contributed by atoms with Crippen LogP contribution in [0.3, 0.4) is 0 Å². The van der Waals surface area contributed by atoms with Gasteiger partial charge in [0.15, 0.2) is 5.92 Å². The number of carbonyl (C=O) groups excluding carboxylic acids is 1. The van der Waals surface area contributed by atoms with Gasteiger partial charge < -0.3 is 5.11 Å². The van der Waals surface area contributed by atoms with Gasteiger partial charge in [-0.3, -0.25) is 14.6 Å². The lowest BCUT2D eigenvalue weighted by atomic mass is 9.97. The van der Waals surface area contributed by atoms with Gasteiger partial charge in [-0.15, -0.1) is 0 Å². The number of carbonyl (C=O) groups is 2. The minimum atomic E-state index is -1.34. The van der Waals surface area contributed by atoms with Crippen molar-refractivity contribution in [3.8, 4) is 0 Å². The van der Waals surface area contributed by atoms with Gasteiger partial charge in [-0.1, -0.05) is 11.6 Å². The van der Waals surface area contributed by atoms with Gasteiger partial charge in [-0.25, -0.2) is 9.97 Å². The van der Waals surface area contributed by atoms with Crippen molar-refractivity contribution in [3.63, 3.8) is 0 Å². The molecule has 90 valence electrons. The fraction of sp³-hybridized carbons (Fsp3) is 0.300. The molecule has 17 heavy (non-hydrogen) atoms. The van der Waals surface area contributed by atoms with E-state index in [4.69, 9.17) is 16.7 Å². The van der Waals surface area contributed by atoms with Gasteiger partial charge in [0.2, 0.25) is 5.78 Å². The number of rotatable bonds is 4. The second-order valence-corrected chi connectivity index (χ2v) is 3.61. The Balaban J connectivity index is 3.09. The van der Waals surface area contributed by atoms with E-state index in [1.807, 2.05) is 0 Å². The summed E-state index contributed by atoms with van der Waals surface area (Å²) in [6, 6.07) is 0. The minimum absolute atomic E-state index is 0.0511. The third-order valence-electron chi connectivity index (χ3n) is 2.15.